The second-order valence-corrected chi connectivity index (χ2v) is 8.07. The Bertz CT molecular complexity index is 1030. The number of carbonyl (C=O) groups excluding carboxylic acids is 1. The van der Waals surface area contributed by atoms with Crippen LogP contribution < -0.4 is 24.5 Å². The molecule has 0 bridgehead atoms. The Kier molecular flexibility index (Phi) is 7.63. The maximum atomic E-state index is 12.8. The largest absolute Gasteiger partial charge is 0.490 e. The summed E-state index contributed by atoms with van der Waals surface area (Å²) in [5.74, 6) is 1.07. The van der Waals surface area contributed by atoms with Crippen LogP contribution in [0.3, 0.4) is 0 Å². The van der Waals surface area contributed by atoms with Crippen molar-refractivity contribution in [3.8, 4) is 17.2 Å². The molecule has 1 aliphatic rings. The zero-order valence-electron chi connectivity index (χ0n) is 20.3. The van der Waals surface area contributed by atoms with Crippen molar-refractivity contribution in [1.29, 1.82) is 0 Å². The van der Waals surface area contributed by atoms with Gasteiger partial charge in [-0.2, -0.15) is 5.10 Å². The molecular formula is C26H33N3O4. The lowest BCUT2D eigenvalue weighted by Crippen LogP contribution is -2.23. The number of fused-ring (bicyclic) bond motifs is 1. The van der Waals surface area contributed by atoms with Gasteiger partial charge in [-0.15, -0.1) is 0 Å². The van der Waals surface area contributed by atoms with Crippen molar-refractivity contribution < 1.29 is 19.0 Å². The summed E-state index contributed by atoms with van der Waals surface area (Å²) in [6.07, 6.45) is 3.54. The molecular weight excluding hydrogens is 418 g/mol. The quantitative estimate of drug-likeness (QED) is 0.433. The third-order valence-corrected chi connectivity index (χ3v) is 5.58. The van der Waals surface area contributed by atoms with E-state index < -0.39 is 0 Å². The van der Waals surface area contributed by atoms with Gasteiger partial charge in [-0.3, -0.25) is 4.79 Å². The fourth-order valence-electron chi connectivity index (χ4n) is 4.09. The molecule has 0 unspecified atom stereocenters. The summed E-state index contributed by atoms with van der Waals surface area (Å²) in [5, 5.41) is 4.14. The van der Waals surface area contributed by atoms with Gasteiger partial charge < -0.3 is 19.1 Å². The number of amides is 1. The first-order valence-electron chi connectivity index (χ1n) is 11.3. The Morgan fingerprint density at radius 1 is 1.03 bits per heavy atom. The highest BCUT2D eigenvalue weighted by Gasteiger charge is 2.37. The summed E-state index contributed by atoms with van der Waals surface area (Å²) in [6, 6.07) is 11.6. The van der Waals surface area contributed by atoms with Crippen LogP contribution in [0.15, 0.2) is 53.3 Å². The highest BCUT2D eigenvalue weighted by Crippen LogP contribution is 2.46. The van der Waals surface area contributed by atoms with Gasteiger partial charge in [0.2, 0.25) is 5.75 Å². The number of anilines is 1. The summed E-state index contributed by atoms with van der Waals surface area (Å²) in [4.78, 5) is 14.9. The number of nitrogens with zero attached hydrogens (tertiary/aromatic N) is 2. The average molecular weight is 452 g/mol. The molecule has 1 N–H and O–H groups in total. The van der Waals surface area contributed by atoms with E-state index in [1.807, 2.05) is 40.0 Å². The van der Waals surface area contributed by atoms with E-state index in [0.717, 1.165) is 5.70 Å². The molecule has 0 spiro atoms. The van der Waals surface area contributed by atoms with E-state index in [1.54, 1.807) is 18.3 Å². The van der Waals surface area contributed by atoms with Gasteiger partial charge in [0, 0.05) is 35.6 Å². The summed E-state index contributed by atoms with van der Waals surface area (Å²) < 4.78 is 17.1. The van der Waals surface area contributed by atoms with Crippen LogP contribution in [0.2, 0.25) is 0 Å². The number of likely N-dealkylation sites (N-methyl/N-ethyl adjacent to an activating group) is 1. The first kappa shape index (κ1) is 24.2. The van der Waals surface area contributed by atoms with Crippen LogP contribution >= 0.6 is 0 Å². The van der Waals surface area contributed by atoms with Crippen molar-refractivity contribution in [3.63, 3.8) is 0 Å². The minimum atomic E-state index is -0.364. The molecule has 1 amide bonds. The minimum Gasteiger partial charge on any atom is -0.490 e. The summed E-state index contributed by atoms with van der Waals surface area (Å²) in [7, 11) is 2.04. The van der Waals surface area contributed by atoms with E-state index in [-0.39, 0.29) is 11.3 Å². The number of nitrogens with one attached hydrogen (secondary N) is 1. The number of hydrogen-bond acceptors (Lipinski definition) is 6. The maximum Gasteiger partial charge on any atom is 0.271 e. The molecule has 0 atom stereocenters. The van der Waals surface area contributed by atoms with Crippen LogP contribution in [0, 0.1) is 0 Å². The summed E-state index contributed by atoms with van der Waals surface area (Å²) in [5.41, 5.74) is 6.34. The standard InChI is InChI=1S/C26H33N3O4/c1-7-31-21-16-18(17-22(32-8-2)24(21)33-9-3)25(30)28-27-15-14-23-26(4,5)19-12-10-11-13-20(19)29(23)6/h10-17H,7-9H2,1-6H3,(H,28,30). The number of ether oxygens (including phenoxy) is 3. The molecule has 176 valence electrons. The monoisotopic (exact) mass is 451 g/mol. The van der Waals surface area contributed by atoms with Gasteiger partial charge in [0.1, 0.15) is 0 Å². The molecule has 0 radical (unpaired) electrons. The molecule has 7 nitrogen and oxygen atoms in total. The van der Waals surface area contributed by atoms with Gasteiger partial charge in [-0.05, 0) is 50.6 Å². The number of allylic oxidation sites excluding steroid dienone is 2. The molecule has 1 heterocycles. The molecule has 33 heavy (non-hydrogen) atoms. The van der Waals surface area contributed by atoms with Gasteiger partial charge in [0.25, 0.3) is 5.91 Å². The molecule has 2 aromatic carbocycles. The van der Waals surface area contributed by atoms with Crippen LogP contribution in [0.1, 0.15) is 50.5 Å². The number of benzene rings is 2. The van der Waals surface area contributed by atoms with Gasteiger partial charge in [0.05, 0.1) is 19.8 Å². The lowest BCUT2D eigenvalue weighted by atomic mass is 9.84. The van der Waals surface area contributed by atoms with Crippen molar-refractivity contribution in [1.82, 2.24) is 5.43 Å². The van der Waals surface area contributed by atoms with Crippen molar-refractivity contribution >= 4 is 17.8 Å². The van der Waals surface area contributed by atoms with Crippen molar-refractivity contribution in [2.24, 2.45) is 5.10 Å². The Balaban J connectivity index is 1.79. The van der Waals surface area contributed by atoms with E-state index in [4.69, 9.17) is 14.2 Å². The second kappa shape index (κ2) is 10.4. The molecule has 1 aliphatic heterocycles. The molecule has 0 saturated heterocycles. The number of rotatable bonds is 9. The summed E-state index contributed by atoms with van der Waals surface area (Å²) in [6.45, 7) is 11.3. The first-order valence-corrected chi connectivity index (χ1v) is 11.3. The van der Waals surface area contributed by atoms with Crippen molar-refractivity contribution in [2.75, 3.05) is 31.8 Å². The van der Waals surface area contributed by atoms with E-state index >= 15 is 0 Å². The second-order valence-electron chi connectivity index (χ2n) is 8.07. The molecule has 0 saturated carbocycles. The summed E-state index contributed by atoms with van der Waals surface area (Å²) >= 11 is 0. The Hall–Kier alpha value is -3.48. The van der Waals surface area contributed by atoms with E-state index in [0.29, 0.717) is 42.6 Å². The smallest absolute Gasteiger partial charge is 0.271 e. The molecule has 0 fully saturated rings. The van der Waals surface area contributed by atoms with E-state index in [1.165, 1.54) is 11.3 Å². The van der Waals surface area contributed by atoms with Crippen LogP contribution in [-0.2, 0) is 5.41 Å². The molecule has 2 aromatic rings. The van der Waals surface area contributed by atoms with E-state index in [9.17, 15) is 4.79 Å². The highest BCUT2D eigenvalue weighted by atomic mass is 16.5. The number of para-hydroxylation sites is 1. The fraction of sp³-hybridized carbons (Fsp3) is 0.385. The average Bonchev–Trinajstić information content (AvgIpc) is 2.99. The van der Waals surface area contributed by atoms with Crippen LogP contribution in [0.5, 0.6) is 17.2 Å². The lowest BCUT2D eigenvalue weighted by Gasteiger charge is -2.23. The molecule has 7 heteroatoms. The normalized spacial score (nSPS) is 15.6. The highest BCUT2D eigenvalue weighted by molar-refractivity contribution is 5.96. The molecule has 0 aliphatic carbocycles. The van der Waals surface area contributed by atoms with Crippen molar-refractivity contribution in [3.05, 3.63) is 59.3 Å². The first-order chi connectivity index (χ1) is 15.8. The lowest BCUT2D eigenvalue weighted by molar-refractivity contribution is 0.0954. The number of carbonyl (C=O) groups is 1. The van der Waals surface area contributed by atoms with Crippen molar-refractivity contribution in [2.45, 2.75) is 40.0 Å². The topological polar surface area (TPSA) is 72.4 Å². The zero-order valence-corrected chi connectivity index (χ0v) is 20.3. The van der Waals surface area contributed by atoms with Crippen LogP contribution in [0.25, 0.3) is 0 Å². The number of hydrazone groups is 1. The van der Waals surface area contributed by atoms with Gasteiger partial charge in [-0.1, -0.05) is 32.0 Å². The van der Waals surface area contributed by atoms with Crippen LogP contribution in [-0.4, -0.2) is 39.0 Å². The molecule has 0 aromatic heterocycles. The van der Waals surface area contributed by atoms with Gasteiger partial charge in [0.15, 0.2) is 11.5 Å². The predicted octanol–water partition coefficient (Wildman–Crippen LogP) is 4.91. The van der Waals surface area contributed by atoms with Gasteiger partial charge in [-0.25, -0.2) is 5.43 Å². The third-order valence-electron chi connectivity index (χ3n) is 5.58. The Morgan fingerprint density at radius 3 is 2.21 bits per heavy atom. The number of hydrogen-bond donors (Lipinski definition) is 1. The third kappa shape index (κ3) is 4.97. The van der Waals surface area contributed by atoms with Gasteiger partial charge >= 0.3 is 0 Å². The predicted molar refractivity (Wildman–Crippen MR) is 132 cm³/mol. The SMILES string of the molecule is CCOc1cc(C(=O)NN=CC=C2N(C)c3ccccc3C2(C)C)cc(OCC)c1OCC. The molecule has 3 rings (SSSR count). The van der Waals surface area contributed by atoms with E-state index in [2.05, 4.69) is 47.5 Å². The minimum absolute atomic E-state index is 0.157. The fourth-order valence-corrected chi connectivity index (χ4v) is 4.09. The zero-order chi connectivity index (χ0) is 24.0. The van der Waals surface area contributed by atoms with Crippen LogP contribution in [0.4, 0.5) is 5.69 Å². The Labute approximate surface area is 196 Å². The Morgan fingerprint density at radius 2 is 1.64 bits per heavy atom. The maximum absolute atomic E-state index is 12.8.